The minimum absolute atomic E-state index is 0.154. The number of halogens is 1. The number of rotatable bonds is 5. The standard InChI is InChI=1S/C21H15IN4O2/c22-17-9-3-2-8-16(17)21(27)24-18-10-4-1-6-14(18)12-19-25-20(26-28-19)15-7-5-11-23-13-15/h1-11,13H,12H2,(H,24,27). The monoisotopic (exact) mass is 482 g/mol. The molecule has 0 saturated carbocycles. The van der Waals surface area contributed by atoms with Crippen molar-refractivity contribution in [1.29, 1.82) is 0 Å². The fourth-order valence-corrected chi connectivity index (χ4v) is 3.37. The van der Waals surface area contributed by atoms with Crippen LogP contribution in [-0.2, 0) is 6.42 Å². The van der Waals surface area contributed by atoms with E-state index >= 15 is 0 Å². The van der Waals surface area contributed by atoms with E-state index in [1.165, 1.54) is 0 Å². The van der Waals surface area contributed by atoms with E-state index in [0.717, 1.165) is 14.7 Å². The summed E-state index contributed by atoms with van der Waals surface area (Å²) in [5.74, 6) is 0.803. The van der Waals surface area contributed by atoms with Crippen molar-refractivity contribution in [3.8, 4) is 11.4 Å². The van der Waals surface area contributed by atoms with Gasteiger partial charge in [0.2, 0.25) is 11.7 Å². The molecule has 0 atom stereocenters. The van der Waals surface area contributed by atoms with E-state index in [-0.39, 0.29) is 5.91 Å². The summed E-state index contributed by atoms with van der Waals surface area (Å²) in [6.45, 7) is 0. The van der Waals surface area contributed by atoms with Crippen LogP contribution >= 0.6 is 22.6 Å². The van der Waals surface area contributed by atoms with E-state index in [4.69, 9.17) is 4.52 Å². The molecule has 0 aliphatic heterocycles. The molecule has 1 amide bonds. The Morgan fingerprint density at radius 1 is 1.04 bits per heavy atom. The minimum atomic E-state index is -0.154. The van der Waals surface area contributed by atoms with Gasteiger partial charge in [0, 0.05) is 27.2 Å². The molecule has 0 aliphatic rings. The maximum Gasteiger partial charge on any atom is 0.256 e. The predicted molar refractivity (Wildman–Crippen MR) is 114 cm³/mol. The third kappa shape index (κ3) is 4.09. The van der Waals surface area contributed by atoms with Crippen LogP contribution in [0.2, 0.25) is 0 Å². The van der Waals surface area contributed by atoms with Gasteiger partial charge in [0.25, 0.3) is 5.91 Å². The van der Waals surface area contributed by atoms with Gasteiger partial charge >= 0.3 is 0 Å². The molecule has 6 nitrogen and oxygen atoms in total. The Kier molecular flexibility index (Phi) is 5.43. The Hall–Kier alpha value is -3.07. The number of nitrogens with zero attached hydrogens (tertiary/aromatic N) is 3. The smallest absolute Gasteiger partial charge is 0.256 e. The van der Waals surface area contributed by atoms with Crippen molar-refractivity contribution in [1.82, 2.24) is 15.1 Å². The lowest BCUT2D eigenvalue weighted by molar-refractivity contribution is 0.102. The molecule has 0 unspecified atom stereocenters. The number of para-hydroxylation sites is 1. The number of hydrogen-bond donors (Lipinski definition) is 1. The van der Waals surface area contributed by atoms with Crippen molar-refractivity contribution < 1.29 is 9.32 Å². The number of carbonyl (C=O) groups excluding carboxylic acids is 1. The number of carbonyl (C=O) groups is 1. The van der Waals surface area contributed by atoms with Crippen LogP contribution in [0.15, 0.2) is 77.6 Å². The van der Waals surface area contributed by atoms with E-state index in [0.29, 0.717) is 29.4 Å². The van der Waals surface area contributed by atoms with Crippen LogP contribution in [0.4, 0.5) is 5.69 Å². The van der Waals surface area contributed by atoms with Crippen LogP contribution in [0, 0.1) is 3.57 Å². The zero-order valence-electron chi connectivity index (χ0n) is 14.7. The van der Waals surface area contributed by atoms with Gasteiger partial charge in [-0.05, 0) is 58.5 Å². The fraction of sp³-hybridized carbons (Fsp3) is 0.0476. The van der Waals surface area contributed by atoms with Gasteiger partial charge < -0.3 is 9.84 Å². The molecule has 2 heterocycles. The molecule has 2 aromatic carbocycles. The third-order valence-electron chi connectivity index (χ3n) is 4.11. The normalized spacial score (nSPS) is 10.6. The number of benzene rings is 2. The van der Waals surface area contributed by atoms with Gasteiger partial charge in [-0.2, -0.15) is 4.98 Å². The second kappa shape index (κ2) is 8.30. The van der Waals surface area contributed by atoms with E-state index in [1.807, 2.05) is 54.6 Å². The molecule has 1 N–H and O–H groups in total. The van der Waals surface area contributed by atoms with Gasteiger partial charge in [0.1, 0.15) is 0 Å². The SMILES string of the molecule is O=C(Nc1ccccc1Cc1nc(-c2cccnc2)no1)c1ccccc1I. The third-order valence-corrected chi connectivity index (χ3v) is 5.05. The highest BCUT2D eigenvalue weighted by atomic mass is 127. The number of anilines is 1. The molecule has 0 saturated heterocycles. The largest absolute Gasteiger partial charge is 0.339 e. The average molecular weight is 482 g/mol. The average Bonchev–Trinajstić information content (AvgIpc) is 3.19. The first kappa shape index (κ1) is 18.3. The Bertz CT molecular complexity index is 1110. The highest BCUT2D eigenvalue weighted by molar-refractivity contribution is 14.1. The van der Waals surface area contributed by atoms with Gasteiger partial charge in [0.05, 0.1) is 12.0 Å². The molecule has 7 heteroatoms. The first-order valence-corrected chi connectivity index (χ1v) is 9.65. The number of hydrogen-bond acceptors (Lipinski definition) is 5. The number of aromatic nitrogens is 3. The van der Waals surface area contributed by atoms with Gasteiger partial charge in [-0.3, -0.25) is 9.78 Å². The molecule has 0 radical (unpaired) electrons. The van der Waals surface area contributed by atoms with Crippen LogP contribution in [0.25, 0.3) is 11.4 Å². The maximum atomic E-state index is 12.7. The second-order valence-corrected chi connectivity index (χ2v) is 7.18. The fourth-order valence-electron chi connectivity index (χ4n) is 2.73. The Morgan fingerprint density at radius 3 is 2.68 bits per heavy atom. The Balaban J connectivity index is 1.55. The zero-order valence-corrected chi connectivity index (χ0v) is 16.8. The highest BCUT2D eigenvalue weighted by Crippen LogP contribution is 2.22. The first-order chi connectivity index (χ1) is 13.7. The minimum Gasteiger partial charge on any atom is -0.339 e. The molecule has 2 aromatic heterocycles. The van der Waals surface area contributed by atoms with E-state index in [1.54, 1.807) is 18.5 Å². The van der Waals surface area contributed by atoms with Crippen molar-refractivity contribution in [3.63, 3.8) is 0 Å². The van der Waals surface area contributed by atoms with Crippen LogP contribution in [-0.4, -0.2) is 21.0 Å². The molecule has 28 heavy (non-hydrogen) atoms. The molecule has 138 valence electrons. The second-order valence-electron chi connectivity index (χ2n) is 6.02. The van der Waals surface area contributed by atoms with Crippen molar-refractivity contribution in [3.05, 3.63) is 93.6 Å². The summed E-state index contributed by atoms with van der Waals surface area (Å²) in [5.41, 5.74) is 3.03. The Labute approximate surface area is 175 Å². The van der Waals surface area contributed by atoms with E-state index < -0.39 is 0 Å². The number of amides is 1. The van der Waals surface area contributed by atoms with Gasteiger partial charge in [-0.25, -0.2) is 0 Å². The Morgan fingerprint density at radius 2 is 1.86 bits per heavy atom. The van der Waals surface area contributed by atoms with Gasteiger partial charge in [-0.15, -0.1) is 0 Å². The molecule has 4 aromatic rings. The van der Waals surface area contributed by atoms with Gasteiger partial charge in [0.15, 0.2) is 0 Å². The lowest BCUT2D eigenvalue weighted by Gasteiger charge is -2.10. The maximum absolute atomic E-state index is 12.7. The highest BCUT2D eigenvalue weighted by Gasteiger charge is 2.14. The summed E-state index contributed by atoms with van der Waals surface area (Å²) < 4.78 is 6.28. The van der Waals surface area contributed by atoms with Crippen LogP contribution in [0.1, 0.15) is 21.8 Å². The summed E-state index contributed by atoms with van der Waals surface area (Å²) in [6.07, 6.45) is 3.79. The van der Waals surface area contributed by atoms with Crippen LogP contribution in [0.5, 0.6) is 0 Å². The topological polar surface area (TPSA) is 80.9 Å². The molecule has 0 fully saturated rings. The van der Waals surface area contributed by atoms with Crippen molar-refractivity contribution >= 4 is 34.2 Å². The first-order valence-electron chi connectivity index (χ1n) is 8.57. The number of pyridine rings is 1. The quantitative estimate of drug-likeness (QED) is 0.422. The summed E-state index contributed by atoms with van der Waals surface area (Å²) >= 11 is 2.15. The lowest BCUT2D eigenvalue weighted by atomic mass is 10.1. The summed E-state index contributed by atoms with van der Waals surface area (Å²) in [5, 5.41) is 7.00. The van der Waals surface area contributed by atoms with Gasteiger partial charge in [-0.1, -0.05) is 35.5 Å². The van der Waals surface area contributed by atoms with Crippen molar-refractivity contribution in [2.45, 2.75) is 6.42 Å². The summed E-state index contributed by atoms with van der Waals surface area (Å²) in [4.78, 5) is 21.2. The zero-order chi connectivity index (χ0) is 19.3. The molecule has 0 spiro atoms. The summed E-state index contributed by atoms with van der Waals surface area (Å²) in [7, 11) is 0. The van der Waals surface area contributed by atoms with Crippen molar-refractivity contribution in [2.24, 2.45) is 0 Å². The predicted octanol–water partition coefficient (Wildman–Crippen LogP) is 4.58. The molecule has 0 bridgehead atoms. The van der Waals surface area contributed by atoms with Crippen LogP contribution < -0.4 is 5.32 Å². The molecular formula is C21H15IN4O2. The van der Waals surface area contributed by atoms with E-state index in [2.05, 4.69) is 43.0 Å². The lowest BCUT2D eigenvalue weighted by Crippen LogP contribution is -2.14. The molecule has 0 aliphatic carbocycles. The van der Waals surface area contributed by atoms with E-state index in [9.17, 15) is 4.79 Å². The summed E-state index contributed by atoms with van der Waals surface area (Å²) in [6, 6.07) is 18.7. The van der Waals surface area contributed by atoms with Crippen molar-refractivity contribution in [2.75, 3.05) is 5.32 Å². The molecular weight excluding hydrogens is 467 g/mol. The molecule has 4 rings (SSSR count). The number of nitrogens with one attached hydrogen (secondary N) is 1. The van der Waals surface area contributed by atoms with Crippen LogP contribution in [0.3, 0.4) is 0 Å².